The minimum atomic E-state index is -0.806. The normalized spacial score (nSPS) is 11.2. The molecule has 4 rings (SSSR count). The number of carbonyl (C=O) groups is 1. The molecule has 4 aromatic rings. The second kappa shape index (κ2) is 10.8. The summed E-state index contributed by atoms with van der Waals surface area (Å²) in [6.45, 7) is 0. The maximum atomic E-state index is 14.6. The molecule has 0 aliphatic rings. The van der Waals surface area contributed by atoms with Gasteiger partial charge in [-0.25, -0.2) is 18.1 Å². The molecule has 3 heterocycles. The summed E-state index contributed by atoms with van der Waals surface area (Å²) in [7, 11) is 2.86. The van der Waals surface area contributed by atoms with Crippen LogP contribution in [0.15, 0.2) is 59.8 Å². The minimum Gasteiger partial charge on any atom is -0.465 e. The van der Waals surface area contributed by atoms with Crippen molar-refractivity contribution in [2.45, 2.75) is 12.3 Å². The summed E-state index contributed by atoms with van der Waals surface area (Å²) < 4.78 is 37.2. The lowest BCUT2D eigenvalue weighted by molar-refractivity contribution is 0.0600. The zero-order valence-corrected chi connectivity index (χ0v) is 21.3. The first-order chi connectivity index (χ1) is 17.3. The minimum absolute atomic E-state index is 0.0204. The summed E-state index contributed by atoms with van der Waals surface area (Å²) in [5.74, 6) is 8.60. The molecule has 0 saturated carbocycles. The van der Waals surface area contributed by atoms with Gasteiger partial charge in [0.15, 0.2) is 0 Å². The molecule has 6 nitrogen and oxygen atoms in total. The van der Waals surface area contributed by atoms with Crippen LogP contribution in [0.5, 0.6) is 0 Å². The molecule has 0 saturated heterocycles. The number of aryl methyl sites for hydroxylation is 1. The summed E-state index contributed by atoms with van der Waals surface area (Å²) in [4.78, 5) is 25.0. The van der Waals surface area contributed by atoms with Crippen molar-refractivity contribution in [3.05, 3.63) is 103 Å². The van der Waals surface area contributed by atoms with E-state index in [1.165, 1.54) is 11.7 Å². The molecule has 9 heteroatoms. The predicted molar refractivity (Wildman–Crippen MR) is 138 cm³/mol. The molecule has 0 aliphatic heterocycles. The zero-order valence-electron chi connectivity index (χ0n) is 19.2. The van der Waals surface area contributed by atoms with Crippen LogP contribution >= 0.6 is 22.6 Å². The molecular weight excluding hydrogens is 579 g/mol. The van der Waals surface area contributed by atoms with E-state index in [-0.39, 0.29) is 23.1 Å². The molecule has 0 fully saturated rings. The summed E-state index contributed by atoms with van der Waals surface area (Å²) in [5.41, 5.74) is 1.31. The van der Waals surface area contributed by atoms with Gasteiger partial charge in [0.1, 0.15) is 11.6 Å². The van der Waals surface area contributed by atoms with Gasteiger partial charge in [-0.2, -0.15) is 5.10 Å². The Morgan fingerprint density at radius 2 is 1.97 bits per heavy atom. The molecule has 0 spiro atoms. The van der Waals surface area contributed by atoms with Crippen LogP contribution in [0.2, 0.25) is 0 Å². The Balaban J connectivity index is 1.74. The van der Waals surface area contributed by atoms with Gasteiger partial charge in [0.05, 0.1) is 33.5 Å². The molecule has 1 unspecified atom stereocenters. The number of carbonyl (C=O) groups excluding carboxylic acids is 1. The fourth-order valence-corrected chi connectivity index (χ4v) is 4.44. The molecule has 0 amide bonds. The quantitative estimate of drug-likeness (QED) is 0.200. The van der Waals surface area contributed by atoms with E-state index in [0.717, 1.165) is 21.8 Å². The highest BCUT2D eigenvalue weighted by Gasteiger charge is 2.21. The van der Waals surface area contributed by atoms with Crippen molar-refractivity contribution >= 4 is 34.1 Å². The van der Waals surface area contributed by atoms with Gasteiger partial charge in [-0.3, -0.25) is 4.79 Å². The van der Waals surface area contributed by atoms with Gasteiger partial charge in [0.2, 0.25) is 0 Å². The van der Waals surface area contributed by atoms with Crippen LogP contribution in [-0.4, -0.2) is 27.3 Å². The number of halogens is 3. The number of hydrogen-bond acceptors (Lipinski definition) is 4. The average Bonchev–Trinajstić information content (AvgIpc) is 3.25. The average molecular weight is 597 g/mol. The Morgan fingerprint density at radius 1 is 1.17 bits per heavy atom. The zero-order chi connectivity index (χ0) is 25.8. The van der Waals surface area contributed by atoms with Crippen LogP contribution in [0.25, 0.3) is 5.52 Å². The van der Waals surface area contributed by atoms with Crippen LogP contribution in [-0.2, 0) is 11.8 Å². The van der Waals surface area contributed by atoms with Crippen molar-refractivity contribution in [1.29, 1.82) is 0 Å². The van der Waals surface area contributed by atoms with Crippen molar-refractivity contribution in [2.75, 3.05) is 7.11 Å². The fourth-order valence-electron chi connectivity index (χ4n) is 3.79. The number of nitrogens with zero attached hydrogens (tertiary/aromatic N) is 3. The highest BCUT2D eigenvalue weighted by Crippen LogP contribution is 2.28. The maximum absolute atomic E-state index is 14.6. The van der Waals surface area contributed by atoms with Crippen molar-refractivity contribution in [3.63, 3.8) is 0 Å². The lowest BCUT2D eigenvalue weighted by Gasteiger charge is -2.16. The van der Waals surface area contributed by atoms with Gasteiger partial charge in [0, 0.05) is 37.3 Å². The molecule has 36 heavy (non-hydrogen) atoms. The maximum Gasteiger partial charge on any atom is 0.339 e. The van der Waals surface area contributed by atoms with Crippen molar-refractivity contribution in [3.8, 4) is 23.7 Å². The fraction of sp³-hybridized carbons (Fsp3) is 0.148. The predicted octanol–water partition coefficient (Wildman–Crippen LogP) is 4.28. The van der Waals surface area contributed by atoms with E-state index < -0.39 is 23.5 Å². The number of hydrogen-bond donors (Lipinski definition) is 0. The van der Waals surface area contributed by atoms with Crippen molar-refractivity contribution in [2.24, 2.45) is 7.05 Å². The second-order valence-corrected chi connectivity index (χ2v) is 8.90. The summed E-state index contributed by atoms with van der Waals surface area (Å²) >= 11 is 2.10. The van der Waals surface area contributed by atoms with Gasteiger partial charge in [-0.1, -0.05) is 12.0 Å². The van der Waals surface area contributed by atoms with Crippen LogP contribution in [0, 0.1) is 38.9 Å². The third-order valence-corrected chi connectivity index (χ3v) is 6.34. The Morgan fingerprint density at radius 3 is 2.75 bits per heavy atom. The van der Waals surface area contributed by atoms with Gasteiger partial charge in [0.25, 0.3) is 5.56 Å². The second-order valence-electron chi connectivity index (χ2n) is 7.74. The van der Waals surface area contributed by atoms with E-state index in [1.54, 1.807) is 48.4 Å². The lowest BCUT2D eigenvalue weighted by Crippen LogP contribution is -2.23. The number of benzene rings is 1. The van der Waals surface area contributed by atoms with Crippen LogP contribution in [0.4, 0.5) is 8.78 Å². The lowest BCUT2D eigenvalue weighted by atomic mass is 9.89. The molecule has 0 N–H and O–H groups in total. The van der Waals surface area contributed by atoms with Gasteiger partial charge < -0.3 is 9.30 Å². The Kier molecular flexibility index (Phi) is 7.51. The highest BCUT2D eigenvalue weighted by molar-refractivity contribution is 14.1. The van der Waals surface area contributed by atoms with Gasteiger partial charge in [-0.15, -0.1) is 0 Å². The van der Waals surface area contributed by atoms with Crippen LogP contribution in [0.3, 0.4) is 0 Å². The number of ether oxygens (including phenoxy) is 1. The summed E-state index contributed by atoms with van der Waals surface area (Å²) in [5, 5.41) is 4.23. The molecule has 1 atom stereocenters. The van der Waals surface area contributed by atoms with E-state index >= 15 is 0 Å². The first kappa shape index (κ1) is 25.1. The number of fused-ring (bicyclic) bond motifs is 1. The largest absolute Gasteiger partial charge is 0.465 e. The van der Waals surface area contributed by atoms with E-state index in [0.29, 0.717) is 16.6 Å². The molecule has 0 radical (unpaired) electrons. The molecule has 0 aliphatic carbocycles. The van der Waals surface area contributed by atoms with E-state index in [1.807, 2.05) is 0 Å². The van der Waals surface area contributed by atoms with Gasteiger partial charge >= 0.3 is 5.97 Å². The standard InChI is InChI=1S/C27H18F2IN3O3/c1-32-13-6-9-20(26(32)34)18(22-15-17(28)10-11-23(22)29)7-4-3-5-8-19-21(27(35)36-2)12-14-33-25(19)24(30)16-31-33/h6,9-16,18H,7H2,1-2H3. The third kappa shape index (κ3) is 5.02. The van der Waals surface area contributed by atoms with Crippen molar-refractivity contribution in [1.82, 2.24) is 14.2 Å². The smallest absolute Gasteiger partial charge is 0.339 e. The molecule has 0 bridgehead atoms. The molecule has 180 valence electrons. The van der Waals surface area contributed by atoms with E-state index in [4.69, 9.17) is 4.74 Å². The molecule has 1 aromatic carbocycles. The topological polar surface area (TPSA) is 65.6 Å². The highest BCUT2D eigenvalue weighted by atomic mass is 127. The Labute approximate surface area is 219 Å². The van der Waals surface area contributed by atoms with Gasteiger partial charge in [-0.05, 0) is 76.2 Å². The number of methoxy groups -OCH3 is 1. The van der Waals surface area contributed by atoms with Crippen molar-refractivity contribution < 1.29 is 18.3 Å². The summed E-state index contributed by atoms with van der Waals surface area (Å²) in [6, 6.07) is 7.93. The summed E-state index contributed by atoms with van der Waals surface area (Å²) in [6.07, 6.45) is 4.89. The number of rotatable bonds is 4. The monoisotopic (exact) mass is 597 g/mol. The molecular formula is C27H18F2IN3O3. The third-order valence-electron chi connectivity index (χ3n) is 5.55. The number of pyridine rings is 2. The number of esters is 1. The van der Waals surface area contributed by atoms with Crippen LogP contribution < -0.4 is 5.56 Å². The van der Waals surface area contributed by atoms with E-state index in [2.05, 4.69) is 51.4 Å². The SMILES string of the molecule is COC(=O)c1ccn2ncc(I)c2c1C#CC#CCC(c1cc(F)ccc1F)c1cccn(C)c1=O. The first-order valence-electron chi connectivity index (χ1n) is 10.6. The first-order valence-corrected chi connectivity index (χ1v) is 11.7. The Bertz CT molecular complexity index is 1670. The Hall–Kier alpha value is -3.96. The van der Waals surface area contributed by atoms with Crippen LogP contribution in [0.1, 0.15) is 39.4 Å². The number of aromatic nitrogens is 3. The molecule has 3 aromatic heterocycles. The van der Waals surface area contributed by atoms with E-state index in [9.17, 15) is 18.4 Å².